The summed E-state index contributed by atoms with van der Waals surface area (Å²) in [5.41, 5.74) is 7.15. The summed E-state index contributed by atoms with van der Waals surface area (Å²) in [6.07, 6.45) is 3.54. The van der Waals surface area contributed by atoms with E-state index in [0.717, 1.165) is 17.4 Å². The van der Waals surface area contributed by atoms with Crippen LogP contribution in [0.1, 0.15) is 42.5 Å². The molecule has 3 rings (SSSR count). The van der Waals surface area contributed by atoms with Crippen LogP contribution in [0.25, 0.3) is 5.57 Å². The summed E-state index contributed by atoms with van der Waals surface area (Å²) < 4.78 is 0.999. The van der Waals surface area contributed by atoms with Gasteiger partial charge in [0.1, 0.15) is 0 Å². The summed E-state index contributed by atoms with van der Waals surface area (Å²) in [5.74, 6) is 0. The van der Waals surface area contributed by atoms with Gasteiger partial charge in [0.05, 0.1) is 27.7 Å². The first-order chi connectivity index (χ1) is 10.8. The largest absolute Gasteiger partial charge is 0.331 e. The molecule has 2 aromatic rings. The van der Waals surface area contributed by atoms with E-state index in [1.165, 1.54) is 27.8 Å². The molecule has 1 heteroatoms. The maximum atomic E-state index is 2.44. The van der Waals surface area contributed by atoms with Gasteiger partial charge in [0, 0.05) is 11.8 Å². The van der Waals surface area contributed by atoms with E-state index in [2.05, 4.69) is 89.6 Å². The Labute approximate surface area is 140 Å². The van der Waals surface area contributed by atoms with Crippen LogP contribution in [-0.2, 0) is 5.41 Å². The molecule has 1 aliphatic carbocycles. The average molecular weight is 306 g/mol. The second-order valence-corrected chi connectivity index (χ2v) is 8.14. The van der Waals surface area contributed by atoms with Crippen molar-refractivity contribution in [3.05, 3.63) is 76.9 Å². The highest BCUT2D eigenvalue weighted by atomic mass is 15.3. The molecule has 0 fully saturated rings. The van der Waals surface area contributed by atoms with Gasteiger partial charge in [0.15, 0.2) is 0 Å². The molecule has 0 aromatic heterocycles. The first kappa shape index (κ1) is 16.0. The Morgan fingerprint density at radius 3 is 1.78 bits per heavy atom. The number of nitrogens with zero attached hydrogens (tertiary/aromatic N) is 1. The summed E-state index contributed by atoms with van der Waals surface area (Å²) in [6.45, 7) is 5.83. The van der Waals surface area contributed by atoms with E-state index >= 15 is 0 Å². The summed E-state index contributed by atoms with van der Waals surface area (Å²) in [5, 5.41) is 0. The molecule has 2 aromatic carbocycles. The van der Waals surface area contributed by atoms with Crippen molar-refractivity contribution in [1.82, 2.24) is 0 Å². The molecule has 0 unspecified atom stereocenters. The highest BCUT2D eigenvalue weighted by Crippen LogP contribution is 2.46. The van der Waals surface area contributed by atoms with E-state index < -0.39 is 0 Å². The zero-order valence-corrected chi connectivity index (χ0v) is 15.1. The van der Waals surface area contributed by atoms with Gasteiger partial charge < -0.3 is 4.48 Å². The van der Waals surface area contributed by atoms with E-state index in [4.69, 9.17) is 0 Å². The standard InChI is InChI=1S/C22H28N/c1-22(2)20-14-8-6-11-18(20)17(13-10-16-23(3,4)5)19-12-7-9-15-21(19)22/h6-9,11-15H,10,16H2,1-5H3/q+1. The summed E-state index contributed by atoms with van der Waals surface area (Å²) in [6, 6.07) is 17.8. The van der Waals surface area contributed by atoms with Gasteiger partial charge in [0.25, 0.3) is 0 Å². The van der Waals surface area contributed by atoms with E-state index in [-0.39, 0.29) is 5.41 Å². The lowest BCUT2D eigenvalue weighted by Crippen LogP contribution is -2.35. The minimum Gasteiger partial charge on any atom is -0.331 e. The van der Waals surface area contributed by atoms with E-state index in [1.54, 1.807) is 0 Å². The lowest BCUT2D eigenvalue weighted by Gasteiger charge is -2.36. The van der Waals surface area contributed by atoms with Crippen LogP contribution in [0.2, 0.25) is 0 Å². The van der Waals surface area contributed by atoms with Gasteiger partial charge in [-0.1, -0.05) is 68.5 Å². The van der Waals surface area contributed by atoms with Crippen LogP contribution < -0.4 is 0 Å². The summed E-state index contributed by atoms with van der Waals surface area (Å²) in [4.78, 5) is 0. The third-order valence-electron chi connectivity index (χ3n) is 4.93. The molecule has 23 heavy (non-hydrogen) atoms. The van der Waals surface area contributed by atoms with Crippen molar-refractivity contribution >= 4 is 5.57 Å². The van der Waals surface area contributed by atoms with Crippen LogP contribution in [-0.4, -0.2) is 32.2 Å². The highest BCUT2D eigenvalue weighted by molar-refractivity contribution is 5.87. The quantitative estimate of drug-likeness (QED) is 0.711. The maximum absolute atomic E-state index is 2.44. The minimum atomic E-state index is 0.0601. The van der Waals surface area contributed by atoms with Crippen molar-refractivity contribution in [2.75, 3.05) is 27.7 Å². The molecule has 0 spiro atoms. The van der Waals surface area contributed by atoms with E-state index in [9.17, 15) is 0 Å². The molecule has 0 heterocycles. The summed E-state index contributed by atoms with van der Waals surface area (Å²) in [7, 11) is 6.76. The normalized spacial score (nSPS) is 15.8. The average Bonchev–Trinajstić information content (AvgIpc) is 2.50. The van der Waals surface area contributed by atoms with Crippen LogP contribution in [0, 0.1) is 0 Å². The fraction of sp³-hybridized carbons (Fsp3) is 0.364. The van der Waals surface area contributed by atoms with Crippen molar-refractivity contribution < 1.29 is 4.48 Å². The first-order valence-corrected chi connectivity index (χ1v) is 8.51. The van der Waals surface area contributed by atoms with Crippen molar-refractivity contribution in [1.29, 1.82) is 0 Å². The third kappa shape index (κ3) is 2.98. The van der Waals surface area contributed by atoms with Crippen LogP contribution in [0.5, 0.6) is 0 Å². The Balaban J connectivity index is 2.12. The fourth-order valence-corrected chi connectivity index (χ4v) is 3.63. The van der Waals surface area contributed by atoms with Gasteiger partial charge in [0.2, 0.25) is 0 Å². The molecular formula is C22H28N+. The lowest BCUT2D eigenvalue weighted by molar-refractivity contribution is -0.869. The molecular weight excluding hydrogens is 278 g/mol. The predicted molar refractivity (Wildman–Crippen MR) is 99.6 cm³/mol. The Kier molecular flexibility index (Phi) is 3.93. The second-order valence-electron chi connectivity index (χ2n) is 8.14. The summed E-state index contributed by atoms with van der Waals surface area (Å²) >= 11 is 0. The maximum Gasteiger partial charge on any atom is 0.0815 e. The van der Waals surface area contributed by atoms with Gasteiger partial charge >= 0.3 is 0 Å². The number of fused-ring (bicyclic) bond motifs is 2. The van der Waals surface area contributed by atoms with Gasteiger partial charge in [-0.05, 0) is 27.8 Å². The number of hydrogen-bond donors (Lipinski definition) is 0. The number of benzene rings is 2. The Hall–Kier alpha value is -1.86. The minimum absolute atomic E-state index is 0.0601. The number of hydrogen-bond acceptors (Lipinski definition) is 0. The second kappa shape index (κ2) is 5.65. The van der Waals surface area contributed by atoms with E-state index in [1.807, 2.05) is 0 Å². The first-order valence-electron chi connectivity index (χ1n) is 8.51. The molecule has 1 nitrogen and oxygen atoms in total. The molecule has 0 N–H and O–H groups in total. The smallest absolute Gasteiger partial charge is 0.0815 e. The van der Waals surface area contributed by atoms with Crippen molar-refractivity contribution in [3.63, 3.8) is 0 Å². The number of quaternary nitrogens is 1. The van der Waals surface area contributed by atoms with E-state index in [0.29, 0.717) is 0 Å². The zero-order valence-electron chi connectivity index (χ0n) is 15.1. The number of rotatable bonds is 3. The topological polar surface area (TPSA) is 0 Å². The fourth-order valence-electron chi connectivity index (χ4n) is 3.63. The van der Waals surface area contributed by atoms with Crippen LogP contribution >= 0.6 is 0 Å². The Morgan fingerprint density at radius 2 is 1.30 bits per heavy atom. The van der Waals surface area contributed by atoms with Crippen molar-refractivity contribution in [2.24, 2.45) is 0 Å². The molecule has 0 saturated carbocycles. The van der Waals surface area contributed by atoms with Crippen LogP contribution in [0.15, 0.2) is 54.6 Å². The molecule has 0 amide bonds. The molecule has 0 aliphatic heterocycles. The van der Waals surface area contributed by atoms with Crippen LogP contribution in [0.3, 0.4) is 0 Å². The predicted octanol–water partition coefficient (Wildman–Crippen LogP) is 4.85. The highest BCUT2D eigenvalue weighted by Gasteiger charge is 2.33. The molecule has 0 bridgehead atoms. The van der Waals surface area contributed by atoms with Crippen LogP contribution in [0.4, 0.5) is 0 Å². The van der Waals surface area contributed by atoms with Crippen molar-refractivity contribution in [3.8, 4) is 0 Å². The Bertz CT molecular complexity index is 693. The Morgan fingerprint density at radius 1 is 0.826 bits per heavy atom. The molecule has 0 saturated heterocycles. The van der Waals surface area contributed by atoms with Crippen molar-refractivity contribution in [2.45, 2.75) is 25.7 Å². The van der Waals surface area contributed by atoms with Gasteiger partial charge in [-0.15, -0.1) is 0 Å². The SMILES string of the molecule is CC1(C)c2ccccc2C(=CCC[N+](C)(C)C)c2ccccc21. The molecule has 1 aliphatic rings. The van der Waals surface area contributed by atoms with Gasteiger partial charge in [-0.3, -0.25) is 0 Å². The third-order valence-corrected chi connectivity index (χ3v) is 4.93. The molecule has 120 valence electrons. The molecule has 0 atom stereocenters. The lowest BCUT2D eigenvalue weighted by atomic mass is 9.67. The monoisotopic (exact) mass is 306 g/mol. The zero-order chi connectivity index (χ0) is 16.7. The van der Waals surface area contributed by atoms with Gasteiger partial charge in [-0.2, -0.15) is 0 Å². The van der Waals surface area contributed by atoms with Gasteiger partial charge in [-0.25, -0.2) is 0 Å². The molecule has 0 radical (unpaired) electrons.